The molecule has 94 valence electrons. The molecular formula is C14H16N2O2. The van der Waals surface area contributed by atoms with Crippen molar-refractivity contribution in [2.75, 3.05) is 5.32 Å². The first kappa shape index (κ1) is 12.2. The lowest BCUT2D eigenvalue weighted by Crippen LogP contribution is -2.17. The van der Waals surface area contributed by atoms with Gasteiger partial charge in [-0.25, -0.2) is 0 Å². The molecule has 1 aromatic heterocycles. The van der Waals surface area contributed by atoms with E-state index in [1.165, 1.54) is 0 Å². The van der Waals surface area contributed by atoms with Crippen LogP contribution in [0.5, 0.6) is 5.75 Å². The Morgan fingerprint density at radius 2 is 1.89 bits per heavy atom. The zero-order valence-corrected chi connectivity index (χ0v) is 10.3. The molecule has 0 aliphatic carbocycles. The van der Waals surface area contributed by atoms with Crippen LogP contribution in [0.3, 0.4) is 0 Å². The van der Waals surface area contributed by atoms with Crippen molar-refractivity contribution in [3.63, 3.8) is 0 Å². The van der Waals surface area contributed by atoms with E-state index >= 15 is 0 Å². The summed E-state index contributed by atoms with van der Waals surface area (Å²) in [6.45, 7) is 3.25. The van der Waals surface area contributed by atoms with Crippen LogP contribution in [0.2, 0.25) is 0 Å². The Kier molecular flexibility index (Phi) is 3.67. The second kappa shape index (κ2) is 5.40. The molecule has 0 saturated carbocycles. The Labute approximate surface area is 106 Å². The Bertz CT molecular complexity index is 573. The number of aromatic hydroxyl groups is 1. The van der Waals surface area contributed by atoms with Crippen molar-refractivity contribution in [1.82, 2.24) is 4.57 Å². The minimum atomic E-state index is 0.00711. The van der Waals surface area contributed by atoms with E-state index in [4.69, 9.17) is 0 Å². The summed E-state index contributed by atoms with van der Waals surface area (Å²) in [7, 11) is 0. The average molecular weight is 244 g/mol. The maximum Gasteiger partial charge on any atom is 0.250 e. The third-order valence-corrected chi connectivity index (χ3v) is 2.76. The van der Waals surface area contributed by atoms with Crippen molar-refractivity contribution in [2.24, 2.45) is 0 Å². The van der Waals surface area contributed by atoms with E-state index in [9.17, 15) is 9.90 Å². The van der Waals surface area contributed by atoms with Gasteiger partial charge in [0.1, 0.15) is 5.75 Å². The Hall–Kier alpha value is -2.23. The first-order valence-electron chi connectivity index (χ1n) is 5.91. The van der Waals surface area contributed by atoms with E-state index in [0.717, 1.165) is 11.3 Å². The van der Waals surface area contributed by atoms with Crippen LogP contribution in [0.4, 0.5) is 5.69 Å². The van der Waals surface area contributed by atoms with Gasteiger partial charge in [0.25, 0.3) is 5.56 Å². The molecular weight excluding hydrogens is 228 g/mol. The van der Waals surface area contributed by atoms with Crippen LogP contribution in [0, 0.1) is 0 Å². The standard InChI is InChI=1S/C14H16N2O2/c1-2-16-10-12(5-8-14(16)18)15-9-11-3-6-13(17)7-4-11/h3-8,10,15,17H,2,9H2,1H3. The largest absolute Gasteiger partial charge is 0.508 e. The molecule has 0 aliphatic heterocycles. The zero-order valence-electron chi connectivity index (χ0n) is 10.3. The summed E-state index contributed by atoms with van der Waals surface area (Å²) in [6.07, 6.45) is 1.81. The van der Waals surface area contributed by atoms with Gasteiger partial charge in [0.2, 0.25) is 0 Å². The summed E-state index contributed by atoms with van der Waals surface area (Å²) in [6, 6.07) is 10.4. The van der Waals surface area contributed by atoms with Gasteiger partial charge in [0.15, 0.2) is 0 Å². The maximum atomic E-state index is 11.4. The number of nitrogens with one attached hydrogen (secondary N) is 1. The number of phenols is 1. The van der Waals surface area contributed by atoms with E-state index in [0.29, 0.717) is 13.1 Å². The molecule has 0 bridgehead atoms. The highest BCUT2D eigenvalue weighted by Crippen LogP contribution is 2.11. The van der Waals surface area contributed by atoms with Gasteiger partial charge in [-0.1, -0.05) is 12.1 Å². The lowest BCUT2D eigenvalue weighted by molar-refractivity contribution is 0.475. The molecule has 2 N–H and O–H groups in total. The molecule has 0 amide bonds. The minimum Gasteiger partial charge on any atom is -0.508 e. The Morgan fingerprint density at radius 1 is 1.17 bits per heavy atom. The zero-order chi connectivity index (χ0) is 13.0. The summed E-state index contributed by atoms with van der Waals surface area (Å²) in [5.74, 6) is 0.262. The third-order valence-electron chi connectivity index (χ3n) is 2.76. The molecule has 0 fully saturated rings. The lowest BCUT2D eigenvalue weighted by atomic mass is 10.2. The number of pyridine rings is 1. The minimum absolute atomic E-state index is 0.00711. The second-order valence-electron chi connectivity index (χ2n) is 4.06. The molecule has 0 radical (unpaired) electrons. The number of aromatic nitrogens is 1. The van der Waals surface area contributed by atoms with Crippen LogP contribution in [-0.4, -0.2) is 9.67 Å². The van der Waals surface area contributed by atoms with Gasteiger partial charge in [-0.2, -0.15) is 0 Å². The molecule has 0 saturated heterocycles. The molecule has 0 aliphatic rings. The molecule has 18 heavy (non-hydrogen) atoms. The van der Waals surface area contributed by atoms with Crippen molar-refractivity contribution < 1.29 is 5.11 Å². The molecule has 2 rings (SSSR count). The quantitative estimate of drug-likeness (QED) is 0.866. The van der Waals surface area contributed by atoms with Crippen molar-refractivity contribution in [2.45, 2.75) is 20.0 Å². The Balaban J connectivity index is 2.06. The summed E-state index contributed by atoms with van der Waals surface area (Å²) in [5, 5.41) is 12.4. The molecule has 4 nitrogen and oxygen atoms in total. The average Bonchev–Trinajstić information content (AvgIpc) is 2.39. The van der Waals surface area contributed by atoms with Gasteiger partial charge in [0, 0.05) is 25.4 Å². The highest BCUT2D eigenvalue weighted by Gasteiger charge is 1.97. The fraction of sp³-hybridized carbons (Fsp3) is 0.214. The maximum absolute atomic E-state index is 11.4. The highest BCUT2D eigenvalue weighted by molar-refractivity contribution is 5.41. The first-order valence-corrected chi connectivity index (χ1v) is 5.91. The van der Waals surface area contributed by atoms with Crippen LogP contribution in [0.25, 0.3) is 0 Å². The fourth-order valence-corrected chi connectivity index (χ4v) is 1.70. The van der Waals surface area contributed by atoms with Gasteiger partial charge in [-0.3, -0.25) is 4.79 Å². The number of aryl methyl sites for hydroxylation is 1. The predicted octanol–water partition coefficient (Wildman–Crippen LogP) is 2.19. The summed E-state index contributed by atoms with van der Waals surface area (Å²) >= 11 is 0. The number of rotatable bonds is 4. The lowest BCUT2D eigenvalue weighted by Gasteiger charge is -2.09. The smallest absolute Gasteiger partial charge is 0.250 e. The molecule has 0 atom stereocenters. The summed E-state index contributed by atoms with van der Waals surface area (Å²) in [5.41, 5.74) is 1.99. The summed E-state index contributed by atoms with van der Waals surface area (Å²) in [4.78, 5) is 11.4. The molecule has 1 aromatic carbocycles. The third kappa shape index (κ3) is 2.91. The first-order chi connectivity index (χ1) is 8.69. The van der Waals surface area contributed by atoms with Crippen LogP contribution in [0.15, 0.2) is 47.4 Å². The van der Waals surface area contributed by atoms with E-state index < -0.39 is 0 Å². The van der Waals surface area contributed by atoms with Crippen LogP contribution < -0.4 is 10.9 Å². The predicted molar refractivity (Wildman–Crippen MR) is 71.8 cm³/mol. The van der Waals surface area contributed by atoms with Gasteiger partial charge < -0.3 is 15.0 Å². The molecule has 4 heteroatoms. The van der Waals surface area contributed by atoms with Crippen molar-refractivity contribution in [3.05, 3.63) is 58.5 Å². The van der Waals surface area contributed by atoms with E-state index in [2.05, 4.69) is 5.32 Å². The number of benzene rings is 1. The monoisotopic (exact) mass is 244 g/mol. The Morgan fingerprint density at radius 3 is 2.56 bits per heavy atom. The van der Waals surface area contributed by atoms with Crippen molar-refractivity contribution in [3.8, 4) is 5.75 Å². The second-order valence-corrected chi connectivity index (χ2v) is 4.06. The van der Waals surface area contributed by atoms with Gasteiger partial charge >= 0.3 is 0 Å². The van der Waals surface area contributed by atoms with Gasteiger partial charge in [-0.05, 0) is 30.7 Å². The SMILES string of the molecule is CCn1cc(NCc2ccc(O)cc2)ccc1=O. The normalized spacial score (nSPS) is 10.3. The highest BCUT2D eigenvalue weighted by atomic mass is 16.3. The molecule has 0 unspecified atom stereocenters. The van der Waals surface area contributed by atoms with Crippen LogP contribution in [-0.2, 0) is 13.1 Å². The fourth-order valence-electron chi connectivity index (χ4n) is 1.70. The molecule has 1 heterocycles. The molecule has 0 spiro atoms. The van der Waals surface area contributed by atoms with Gasteiger partial charge in [0.05, 0.1) is 5.69 Å². The van der Waals surface area contributed by atoms with E-state index in [-0.39, 0.29) is 11.3 Å². The summed E-state index contributed by atoms with van der Waals surface area (Å²) < 4.78 is 1.65. The van der Waals surface area contributed by atoms with Crippen LogP contribution >= 0.6 is 0 Å². The number of nitrogens with zero attached hydrogens (tertiary/aromatic N) is 1. The number of anilines is 1. The van der Waals surface area contributed by atoms with Crippen LogP contribution in [0.1, 0.15) is 12.5 Å². The number of phenolic OH excluding ortho intramolecular Hbond substituents is 1. The van der Waals surface area contributed by atoms with Gasteiger partial charge in [-0.15, -0.1) is 0 Å². The topological polar surface area (TPSA) is 54.3 Å². The van der Waals surface area contributed by atoms with E-state index in [1.54, 1.807) is 28.8 Å². The van der Waals surface area contributed by atoms with E-state index in [1.807, 2.05) is 25.3 Å². The number of hydrogen-bond acceptors (Lipinski definition) is 3. The molecule has 2 aromatic rings. The van der Waals surface area contributed by atoms with Crippen molar-refractivity contribution in [1.29, 1.82) is 0 Å². The number of hydrogen-bond donors (Lipinski definition) is 2. The van der Waals surface area contributed by atoms with Crippen molar-refractivity contribution >= 4 is 5.69 Å².